The molecule has 2 heterocycles. The number of nitrogens with zero attached hydrogens (tertiary/aromatic N) is 5. The van der Waals surface area contributed by atoms with Crippen LogP contribution in [0.25, 0.3) is 11.4 Å². The Kier molecular flexibility index (Phi) is 6.37. The van der Waals surface area contributed by atoms with Gasteiger partial charge < -0.3 is 14.2 Å². The predicted molar refractivity (Wildman–Crippen MR) is 100 cm³/mol. The van der Waals surface area contributed by atoms with Gasteiger partial charge in [-0.15, -0.1) is 5.12 Å². The highest BCUT2D eigenvalue weighted by Crippen LogP contribution is 2.29. The van der Waals surface area contributed by atoms with Crippen LogP contribution < -0.4 is 4.90 Å². The van der Waals surface area contributed by atoms with Crippen LogP contribution in [0.1, 0.15) is 17.0 Å². The number of pyridine rings is 1. The second-order valence-electron chi connectivity index (χ2n) is 6.61. The van der Waals surface area contributed by atoms with E-state index in [0.29, 0.717) is 11.1 Å². The molecule has 0 aliphatic carbocycles. The topological polar surface area (TPSA) is 84.6 Å². The van der Waals surface area contributed by atoms with E-state index in [9.17, 15) is 22.4 Å². The van der Waals surface area contributed by atoms with Gasteiger partial charge in [-0.05, 0) is 11.6 Å². The van der Waals surface area contributed by atoms with Crippen molar-refractivity contribution >= 4 is 11.9 Å². The molecular weight excluding hydrogens is 422 g/mol. The van der Waals surface area contributed by atoms with Crippen LogP contribution in [0.2, 0.25) is 0 Å². The molecule has 3 rings (SSSR count). The predicted octanol–water partition coefficient (Wildman–Crippen LogP) is 4.24. The summed E-state index contributed by atoms with van der Waals surface area (Å²) in [4.78, 5) is 21.1. The number of hydrogen-bond donors (Lipinski definition) is 0. The minimum atomic E-state index is -4.75. The van der Waals surface area contributed by atoms with Crippen LogP contribution in [0.4, 0.5) is 28.3 Å². The van der Waals surface area contributed by atoms with Crippen molar-refractivity contribution in [1.29, 1.82) is 0 Å². The quantitative estimate of drug-likeness (QED) is 0.420. The van der Waals surface area contributed by atoms with Gasteiger partial charge in [0.25, 0.3) is 0 Å². The summed E-state index contributed by atoms with van der Waals surface area (Å²) < 4.78 is 60.7. The number of halogens is 4. The van der Waals surface area contributed by atoms with Gasteiger partial charge in [0.2, 0.25) is 5.82 Å². The smallest absolute Gasteiger partial charge is 0.443 e. The highest BCUT2D eigenvalue weighted by atomic mass is 19.4. The molecular formula is C19H17F4N5O3. The van der Waals surface area contributed by atoms with Gasteiger partial charge in [-0.3, -0.25) is 0 Å². The van der Waals surface area contributed by atoms with Gasteiger partial charge in [0.15, 0.2) is 0 Å². The highest BCUT2D eigenvalue weighted by Gasteiger charge is 2.38. The lowest BCUT2D eigenvalue weighted by molar-refractivity contribution is -0.159. The maximum absolute atomic E-state index is 14.1. The number of anilines is 1. The van der Waals surface area contributed by atoms with E-state index < -0.39 is 24.7 Å². The fourth-order valence-electron chi connectivity index (χ4n) is 2.42. The van der Waals surface area contributed by atoms with Crippen molar-refractivity contribution in [3.8, 4) is 11.4 Å². The van der Waals surface area contributed by atoms with Crippen LogP contribution >= 0.6 is 0 Å². The second-order valence-corrected chi connectivity index (χ2v) is 6.61. The van der Waals surface area contributed by atoms with Crippen LogP contribution in [0.15, 0.2) is 47.1 Å². The maximum Gasteiger partial charge on any atom is 0.471 e. The average Bonchev–Trinajstić information content (AvgIpc) is 3.23. The molecule has 1 aromatic carbocycles. The van der Waals surface area contributed by atoms with Crippen molar-refractivity contribution in [2.75, 3.05) is 19.0 Å². The summed E-state index contributed by atoms with van der Waals surface area (Å²) in [6, 6.07) is 9.05. The number of amides is 1. The number of benzene rings is 1. The van der Waals surface area contributed by atoms with E-state index in [2.05, 4.69) is 19.6 Å². The van der Waals surface area contributed by atoms with Crippen molar-refractivity contribution in [3.05, 3.63) is 59.6 Å². The zero-order valence-corrected chi connectivity index (χ0v) is 16.4. The Hall–Kier alpha value is -3.70. The largest absolute Gasteiger partial charge is 0.471 e. The SMILES string of the molecule is CN(C)c1ccc(COC(=O)N(F)Cc2ccc(-c3noc(C(F)(F)F)n3)cc2)cn1. The lowest BCUT2D eigenvalue weighted by Gasteiger charge is -2.14. The molecule has 0 radical (unpaired) electrons. The molecule has 164 valence electrons. The molecule has 0 spiro atoms. The van der Waals surface area contributed by atoms with Gasteiger partial charge in [-0.25, -0.2) is 9.78 Å². The Morgan fingerprint density at radius 1 is 1.10 bits per heavy atom. The fraction of sp³-hybridized carbons (Fsp3) is 0.263. The molecule has 8 nitrogen and oxygen atoms in total. The minimum Gasteiger partial charge on any atom is -0.443 e. The zero-order valence-electron chi connectivity index (χ0n) is 16.4. The lowest BCUT2D eigenvalue weighted by atomic mass is 10.1. The molecule has 0 aliphatic heterocycles. The molecule has 12 heteroatoms. The third-order valence-corrected chi connectivity index (χ3v) is 4.03. The number of aromatic nitrogens is 3. The Bertz CT molecular complexity index is 1020. The van der Waals surface area contributed by atoms with Crippen LogP contribution in [0.5, 0.6) is 0 Å². The first kappa shape index (κ1) is 22.0. The van der Waals surface area contributed by atoms with Gasteiger partial charge in [0.1, 0.15) is 12.4 Å². The normalized spacial score (nSPS) is 11.3. The molecule has 0 atom stereocenters. The number of carbonyl (C=O) groups is 1. The molecule has 2 aromatic heterocycles. The highest BCUT2D eigenvalue weighted by molar-refractivity contribution is 5.66. The minimum absolute atomic E-state index is 0.118. The Morgan fingerprint density at radius 2 is 1.77 bits per heavy atom. The van der Waals surface area contributed by atoms with Gasteiger partial charge in [0.05, 0.1) is 6.54 Å². The molecule has 0 bridgehead atoms. The summed E-state index contributed by atoms with van der Waals surface area (Å²) in [6.07, 6.45) is -4.41. The first-order valence-corrected chi connectivity index (χ1v) is 8.86. The van der Waals surface area contributed by atoms with Crippen LogP contribution in [0.3, 0.4) is 0 Å². The summed E-state index contributed by atoms with van der Waals surface area (Å²) in [6.45, 7) is -0.574. The van der Waals surface area contributed by atoms with Crippen LogP contribution in [-0.4, -0.2) is 40.4 Å². The molecule has 1 amide bonds. The summed E-state index contributed by atoms with van der Waals surface area (Å²) in [5, 5.41) is 3.15. The first-order valence-electron chi connectivity index (χ1n) is 8.86. The molecule has 0 N–H and O–H groups in total. The van der Waals surface area contributed by atoms with E-state index >= 15 is 0 Å². The first-order chi connectivity index (χ1) is 14.6. The van der Waals surface area contributed by atoms with Gasteiger partial charge in [-0.1, -0.05) is 40.0 Å². The Balaban J connectivity index is 1.54. The molecule has 3 aromatic rings. The van der Waals surface area contributed by atoms with E-state index in [-0.39, 0.29) is 23.1 Å². The van der Waals surface area contributed by atoms with E-state index in [0.717, 1.165) is 5.82 Å². The van der Waals surface area contributed by atoms with Crippen molar-refractivity contribution < 1.29 is 31.7 Å². The van der Waals surface area contributed by atoms with Crippen LogP contribution in [-0.2, 0) is 24.1 Å². The summed E-state index contributed by atoms with van der Waals surface area (Å²) in [5.74, 6) is -0.999. The van der Waals surface area contributed by atoms with Crippen molar-refractivity contribution in [2.45, 2.75) is 19.3 Å². The standard InChI is InChI=1S/C19H17F4N5O3/c1-27(2)15-8-5-13(9-24-15)11-30-18(29)28(23)10-12-3-6-14(7-4-12)16-25-17(31-26-16)19(20,21)22/h3-9H,10-11H2,1-2H3. The molecule has 0 saturated carbocycles. The lowest BCUT2D eigenvalue weighted by Crippen LogP contribution is -2.23. The third kappa shape index (κ3) is 5.68. The number of hydrogen-bond acceptors (Lipinski definition) is 7. The Labute approximate surface area is 174 Å². The number of alkyl halides is 3. The van der Waals surface area contributed by atoms with Crippen molar-refractivity contribution in [1.82, 2.24) is 20.2 Å². The van der Waals surface area contributed by atoms with E-state index in [1.54, 1.807) is 17.0 Å². The van der Waals surface area contributed by atoms with E-state index in [1.165, 1.54) is 30.5 Å². The number of carbonyl (C=O) groups excluding carboxylic acids is 1. The van der Waals surface area contributed by atoms with E-state index in [1.807, 2.05) is 14.1 Å². The van der Waals surface area contributed by atoms with E-state index in [4.69, 9.17) is 4.74 Å². The molecule has 31 heavy (non-hydrogen) atoms. The summed E-state index contributed by atoms with van der Waals surface area (Å²) in [7, 11) is 3.66. The number of ether oxygens (including phenoxy) is 1. The third-order valence-electron chi connectivity index (χ3n) is 4.03. The van der Waals surface area contributed by atoms with Gasteiger partial charge >= 0.3 is 18.2 Å². The zero-order chi connectivity index (χ0) is 22.6. The summed E-state index contributed by atoms with van der Waals surface area (Å²) in [5.41, 5.74) is 1.21. The Morgan fingerprint density at radius 3 is 2.32 bits per heavy atom. The monoisotopic (exact) mass is 439 g/mol. The molecule has 0 fully saturated rings. The van der Waals surface area contributed by atoms with Gasteiger partial charge in [-0.2, -0.15) is 18.2 Å². The average molecular weight is 439 g/mol. The maximum atomic E-state index is 14.1. The molecule has 0 saturated heterocycles. The summed E-state index contributed by atoms with van der Waals surface area (Å²) >= 11 is 0. The number of rotatable bonds is 6. The van der Waals surface area contributed by atoms with Crippen molar-refractivity contribution in [3.63, 3.8) is 0 Å². The van der Waals surface area contributed by atoms with Gasteiger partial charge in [0, 0.05) is 31.4 Å². The second kappa shape index (κ2) is 8.98. The van der Waals surface area contributed by atoms with Crippen LogP contribution in [0, 0.1) is 0 Å². The molecule has 0 aliphatic rings. The fourth-order valence-corrected chi connectivity index (χ4v) is 2.42. The molecule has 0 unspecified atom stereocenters. The van der Waals surface area contributed by atoms with Crippen molar-refractivity contribution in [2.24, 2.45) is 0 Å².